The van der Waals surface area contributed by atoms with Crippen molar-refractivity contribution in [2.45, 2.75) is 37.5 Å². The minimum absolute atomic E-state index is 0.304. The summed E-state index contributed by atoms with van der Waals surface area (Å²) in [5.41, 5.74) is 1.32. The summed E-state index contributed by atoms with van der Waals surface area (Å²) in [6, 6.07) is 15.4. The van der Waals surface area contributed by atoms with Crippen molar-refractivity contribution in [1.29, 1.82) is 0 Å². The molecular weight excluding hydrogens is 426 g/mol. The normalized spacial score (nSPS) is 16.4. The summed E-state index contributed by atoms with van der Waals surface area (Å²) in [5, 5.41) is 0. The van der Waals surface area contributed by atoms with Crippen LogP contribution in [0.5, 0.6) is 5.75 Å². The standard InChI is InChI=1S/C21H26BrNO3S/c1-2-14-26-21-16-19(8-9-20(21)22)27(24,25)23-12-10-18(11-13-23)15-17-6-4-3-5-7-17/h3-9,16,18H,2,10-15H2,1H3. The lowest BCUT2D eigenvalue weighted by Gasteiger charge is -2.31. The molecule has 0 N–H and O–H groups in total. The van der Waals surface area contributed by atoms with Gasteiger partial charge < -0.3 is 4.74 Å². The van der Waals surface area contributed by atoms with E-state index in [2.05, 4.69) is 40.2 Å². The minimum Gasteiger partial charge on any atom is -0.492 e. The molecule has 3 rings (SSSR count). The molecule has 4 nitrogen and oxygen atoms in total. The molecule has 1 saturated heterocycles. The van der Waals surface area contributed by atoms with Gasteiger partial charge in [-0.05, 0) is 65.2 Å². The third-order valence-electron chi connectivity index (χ3n) is 4.94. The monoisotopic (exact) mass is 451 g/mol. The number of sulfonamides is 1. The molecule has 0 aromatic heterocycles. The molecule has 0 atom stereocenters. The predicted octanol–water partition coefficient (Wildman–Crippen LogP) is 4.88. The first-order valence-electron chi connectivity index (χ1n) is 9.47. The molecule has 1 fully saturated rings. The van der Waals surface area contributed by atoms with Crippen molar-refractivity contribution in [3.05, 3.63) is 58.6 Å². The molecule has 146 valence electrons. The maximum absolute atomic E-state index is 13.0. The second kappa shape index (κ2) is 9.22. The summed E-state index contributed by atoms with van der Waals surface area (Å²) < 4.78 is 34.1. The highest BCUT2D eigenvalue weighted by Gasteiger charge is 2.30. The molecule has 0 unspecified atom stereocenters. The van der Waals surface area contributed by atoms with Crippen molar-refractivity contribution in [1.82, 2.24) is 4.31 Å². The van der Waals surface area contributed by atoms with Gasteiger partial charge in [-0.15, -0.1) is 0 Å². The fraction of sp³-hybridized carbons (Fsp3) is 0.429. The smallest absolute Gasteiger partial charge is 0.243 e. The van der Waals surface area contributed by atoms with Crippen LogP contribution in [0.15, 0.2) is 57.9 Å². The molecule has 1 heterocycles. The molecule has 2 aromatic rings. The first-order chi connectivity index (χ1) is 13.0. The lowest BCUT2D eigenvalue weighted by Crippen LogP contribution is -2.38. The highest BCUT2D eigenvalue weighted by Crippen LogP contribution is 2.31. The van der Waals surface area contributed by atoms with Crippen LogP contribution in [0, 0.1) is 5.92 Å². The molecule has 1 aliphatic heterocycles. The molecule has 0 amide bonds. The van der Waals surface area contributed by atoms with Gasteiger partial charge in [0.2, 0.25) is 10.0 Å². The molecular formula is C21H26BrNO3S. The van der Waals surface area contributed by atoms with E-state index in [1.807, 2.05) is 13.0 Å². The topological polar surface area (TPSA) is 46.6 Å². The van der Waals surface area contributed by atoms with Crippen LogP contribution in [0.25, 0.3) is 0 Å². The van der Waals surface area contributed by atoms with Gasteiger partial charge in [0.15, 0.2) is 0 Å². The molecule has 0 saturated carbocycles. The number of halogens is 1. The lowest BCUT2D eigenvalue weighted by molar-refractivity contribution is 0.272. The van der Waals surface area contributed by atoms with Gasteiger partial charge in [0.25, 0.3) is 0 Å². The Morgan fingerprint density at radius 2 is 1.81 bits per heavy atom. The number of nitrogens with zero attached hydrogens (tertiary/aromatic N) is 1. The minimum atomic E-state index is -3.49. The van der Waals surface area contributed by atoms with Crippen molar-refractivity contribution in [2.24, 2.45) is 5.92 Å². The van der Waals surface area contributed by atoms with E-state index in [0.29, 0.717) is 36.3 Å². The Kier molecular flexibility index (Phi) is 6.95. The van der Waals surface area contributed by atoms with E-state index in [1.165, 1.54) is 5.56 Å². The van der Waals surface area contributed by atoms with Crippen LogP contribution >= 0.6 is 15.9 Å². The van der Waals surface area contributed by atoms with Gasteiger partial charge in [-0.3, -0.25) is 0 Å². The van der Waals surface area contributed by atoms with E-state index in [0.717, 1.165) is 30.2 Å². The van der Waals surface area contributed by atoms with Gasteiger partial charge in [0, 0.05) is 19.2 Å². The zero-order valence-corrected chi connectivity index (χ0v) is 18.0. The highest BCUT2D eigenvalue weighted by molar-refractivity contribution is 9.10. The van der Waals surface area contributed by atoms with Crippen LogP contribution in [0.3, 0.4) is 0 Å². The molecule has 0 aliphatic carbocycles. The Balaban J connectivity index is 1.66. The van der Waals surface area contributed by atoms with Crippen LogP contribution in [0.1, 0.15) is 31.7 Å². The molecule has 0 bridgehead atoms. The van der Waals surface area contributed by atoms with E-state index >= 15 is 0 Å². The molecule has 27 heavy (non-hydrogen) atoms. The Morgan fingerprint density at radius 1 is 1.11 bits per heavy atom. The number of rotatable bonds is 7. The maximum Gasteiger partial charge on any atom is 0.243 e. The molecule has 0 spiro atoms. The quantitative estimate of drug-likeness (QED) is 0.602. The van der Waals surface area contributed by atoms with Crippen molar-refractivity contribution in [2.75, 3.05) is 19.7 Å². The predicted molar refractivity (Wildman–Crippen MR) is 112 cm³/mol. The first-order valence-corrected chi connectivity index (χ1v) is 11.7. The van der Waals surface area contributed by atoms with Crippen LogP contribution in [-0.2, 0) is 16.4 Å². The fourth-order valence-electron chi connectivity index (χ4n) is 3.42. The number of benzene rings is 2. The van der Waals surface area contributed by atoms with Crippen LogP contribution in [0.4, 0.5) is 0 Å². The van der Waals surface area contributed by atoms with E-state index in [-0.39, 0.29) is 0 Å². The van der Waals surface area contributed by atoms with E-state index in [9.17, 15) is 8.42 Å². The largest absolute Gasteiger partial charge is 0.492 e. The van der Waals surface area contributed by atoms with Gasteiger partial charge in [-0.1, -0.05) is 37.3 Å². The van der Waals surface area contributed by atoms with E-state index < -0.39 is 10.0 Å². The number of ether oxygens (including phenoxy) is 1. The highest BCUT2D eigenvalue weighted by atomic mass is 79.9. The summed E-state index contributed by atoms with van der Waals surface area (Å²) >= 11 is 3.43. The first kappa shape index (κ1) is 20.4. The van der Waals surface area contributed by atoms with Gasteiger partial charge in [0.05, 0.1) is 16.0 Å². The van der Waals surface area contributed by atoms with Crippen LogP contribution < -0.4 is 4.74 Å². The van der Waals surface area contributed by atoms with Crippen LogP contribution in [0.2, 0.25) is 0 Å². The Morgan fingerprint density at radius 3 is 2.48 bits per heavy atom. The third-order valence-corrected chi connectivity index (χ3v) is 7.49. The number of piperidine rings is 1. The molecule has 0 radical (unpaired) electrons. The third kappa shape index (κ3) is 5.12. The summed E-state index contributed by atoms with van der Waals surface area (Å²) in [5.74, 6) is 1.11. The molecule has 1 aliphatic rings. The zero-order chi connectivity index (χ0) is 19.3. The summed E-state index contributed by atoms with van der Waals surface area (Å²) in [6.45, 7) is 3.73. The van der Waals surface area contributed by atoms with Crippen molar-refractivity contribution in [3.8, 4) is 5.75 Å². The fourth-order valence-corrected chi connectivity index (χ4v) is 5.26. The average Bonchev–Trinajstić information content (AvgIpc) is 2.68. The number of hydrogen-bond donors (Lipinski definition) is 0. The van der Waals surface area contributed by atoms with Crippen molar-refractivity contribution < 1.29 is 13.2 Å². The second-order valence-electron chi connectivity index (χ2n) is 6.98. The number of hydrogen-bond acceptors (Lipinski definition) is 3. The average molecular weight is 452 g/mol. The van der Waals surface area contributed by atoms with Gasteiger partial charge in [-0.2, -0.15) is 4.31 Å². The zero-order valence-electron chi connectivity index (χ0n) is 15.6. The SMILES string of the molecule is CCCOc1cc(S(=O)(=O)N2CCC(Cc3ccccc3)CC2)ccc1Br. The van der Waals surface area contributed by atoms with Gasteiger partial charge >= 0.3 is 0 Å². The summed E-state index contributed by atoms with van der Waals surface area (Å²) in [6.07, 6.45) is 3.67. The van der Waals surface area contributed by atoms with Crippen molar-refractivity contribution in [3.63, 3.8) is 0 Å². The van der Waals surface area contributed by atoms with E-state index in [4.69, 9.17) is 4.74 Å². The summed E-state index contributed by atoms with van der Waals surface area (Å²) in [4.78, 5) is 0.304. The Bertz CT molecular complexity index is 847. The Labute approximate surface area is 170 Å². The second-order valence-corrected chi connectivity index (χ2v) is 9.77. The lowest BCUT2D eigenvalue weighted by atomic mass is 9.91. The maximum atomic E-state index is 13.0. The molecule has 6 heteroatoms. The van der Waals surface area contributed by atoms with Crippen LogP contribution in [-0.4, -0.2) is 32.4 Å². The van der Waals surface area contributed by atoms with Gasteiger partial charge in [-0.25, -0.2) is 8.42 Å². The summed E-state index contributed by atoms with van der Waals surface area (Å²) in [7, 11) is -3.49. The molecule has 2 aromatic carbocycles. The van der Waals surface area contributed by atoms with Gasteiger partial charge in [0.1, 0.15) is 5.75 Å². The van der Waals surface area contributed by atoms with Crippen molar-refractivity contribution >= 4 is 26.0 Å². The van der Waals surface area contributed by atoms with E-state index in [1.54, 1.807) is 22.5 Å². The Hall–Kier alpha value is -1.37.